The van der Waals surface area contributed by atoms with Gasteiger partial charge in [0.15, 0.2) is 0 Å². The van der Waals surface area contributed by atoms with Crippen molar-refractivity contribution in [3.8, 4) is 0 Å². The van der Waals surface area contributed by atoms with Crippen molar-refractivity contribution in [2.45, 2.75) is 39.1 Å². The van der Waals surface area contributed by atoms with Crippen molar-refractivity contribution in [1.82, 2.24) is 10.2 Å². The van der Waals surface area contributed by atoms with Crippen molar-refractivity contribution < 1.29 is 37.8 Å². The summed E-state index contributed by atoms with van der Waals surface area (Å²) in [6.07, 6.45) is 4.50. The van der Waals surface area contributed by atoms with Crippen LogP contribution in [0.3, 0.4) is 0 Å². The van der Waals surface area contributed by atoms with E-state index in [0.29, 0.717) is 36.6 Å². The van der Waals surface area contributed by atoms with Crippen molar-refractivity contribution in [1.29, 1.82) is 0 Å². The van der Waals surface area contributed by atoms with Crippen LogP contribution in [-0.4, -0.2) is 75.0 Å². The maximum atomic E-state index is 11.2. The van der Waals surface area contributed by atoms with Crippen LogP contribution in [-0.2, 0) is 34.7 Å². The Morgan fingerprint density at radius 1 is 1.18 bits per heavy atom. The van der Waals surface area contributed by atoms with Gasteiger partial charge in [-0.25, -0.2) is 0 Å². The van der Waals surface area contributed by atoms with Gasteiger partial charge in [0, 0.05) is 45.7 Å². The highest BCUT2D eigenvalue weighted by atomic mass is 31.2. The van der Waals surface area contributed by atoms with E-state index in [1.165, 1.54) is 13.2 Å². The molecule has 0 saturated heterocycles. The van der Waals surface area contributed by atoms with E-state index in [0.717, 1.165) is 6.29 Å². The number of benzene rings is 1. The molecular weight excluding hydrogens is 451 g/mol. The molecule has 11 heteroatoms. The lowest BCUT2D eigenvalue weighted by molar-refractivity contribution is -0.121. The van der Waals surface area contributed by atoms with E-state index in [1.807, 2.05) is 19.2 Å². The van der Waals surface area contributed by atoms with Gasteiger partial charge in [-0.05, 0) is 25.8 Å². The number of amides is 2. The minimum atomic E-state index is -2.12. The quantitative estimate of drug-likeness (QED) is 0.218. The third-order valence-electron chi connectivity index (χ3n) is 4.17. The molecule has 33 heavy (non-hydrogen) atoms. The SMILES string of the molecule is COC(C)C.COC(CCN(C)/C=C\C(=O)NC=O)COP(O)OCc1ccccc1C=O. The number of methoxy groups -OCH3 is 2. The Hall–Kier alpha value is -2.20. The first-order valence-electron chi connectivity index (χ1n) is 10.2. The fourth-order valence-corrected chi connectivity index (χ4v) is 2.70. The summed E-state index contributed by atoms with van der Waals surface area (Å²) in [5, 5.41) is 2.00. The second-order valence-electron chi connectivity index (χ2n) is 6.98. The van der Waals surface area contributed by atoms with Gasteiger partial charge in [0.25, 0.3) is 5.91 Å². The zero-order valence-electron chi connectivity index (χ0n) is 19.8. The fourth-order valence-electron chi connectivity index (χ4n) is 2.08. The number of imide groups is 1. The number of carbonyl (C=O) groups is 3. The summed E-state index contributed by atoms with van der Waals surface area (Å²) in [6, 6.07) is 6.93. The highest BCUT2D eigenvalue weighted by Crippen LogP contribution is 2.34. The van der Waals surface area contributed by atoms with Crippen LogP contribution in [0.5, 0.6) is 0 Å². The first-order chi connectivity index (χ1) is 15.8. The maximum Gasteiger partial charge on any atom is 0.330 e. The summed E-state index contributed by atoms with van der Waals surface area (Å²) in [6.45, 7) is 4.74. The fraction of sp³-hybridized carbons (Fsp3) is 0.500. The Morgan fingerprint density at radius 2 is 1.85 bits per heavy atom. The second kappa shape index (κ2) is 19.3. The Morgan fingerprint density at radius 3 is 2.42 bits per heavy atom. The number of ether oxygens (including phenoxy) is 2. The zero-order chi connectivity index (χ0) is 25.1. The minimum Gasteiger partial charge on any atom is -0.382 e. The molecule has 1 aromatic carbocycles. The summed E-state index contributed by atoms with van der Waals surface area (Å²) in [7, 11) is 2.88. The molecule has 1 aromatic rings. The van der Waals surface area contributed by atoms with Gasteiger partial charge in [-0.2, -0.15) is 0 Å². The zero-order valence-corrected chi connectivity index (χ0v) is 20.7. The highest BCUT2D eigenvalue weighted by Gasteiger charge is 2.14. The molecule has 0 fully saturated rings. The van der Waals surface area contributed by atoms with E-state index in [1.54, 1.807) is 49.5 Å². The predicted octanol–water partition coefficient (Wildman–Crippen LogP) is 2.42. The highest BCUT2D eigenvalue weighted by molar-refractivity contribution is 7.40. The molecule has 2 N–H and O–H groups in total. The van der Waals surface area contributed by atoms with Crippen LogP contribution in [0.1, 0.15) is 36.2 Å². The van der Waals surface area contributed by atoms with Gasteiger partial charge in [-0.15, -0.1) is 0 Å². The first kappa shape index (κ1) is 30.8. The van der Waals surface area contributed by atoms with E-state index in [9.17, 15) is 19.3 Å². The number of nitrogens with one attached hydrogen (secondary N) is 1. The number of carbonyl (C=O) groups excluding carboxylic acids is 3. The molecule has 1 rings (SSSR count). The predicted molar refractivity (Wildman–Crippen MR) is 125 cm³/mol. The third-order valence-corrected chi connectivity index (χ3v) is 4.89. The molecule has 10 nitrogen and oxygen atoms in total. The molecule has 2 atom stereocenters. The molecule has 0 aliphatic carbocycles. The number of hydrogen-bond donors (Lipinski definition) is 2. The molecule has 2 unspecified atom stereocenters. The van der Waals surface area contributed by atoms with Crippen molar-refractivity contribution in [2.75, 3.05) is 34.4 Å². The molecule has 186 valence electrons. The average molecular weight is 487 g/mol. The summed E-state index contributed by atoms with van der Waals surface area (Å²) < 4.78 is 20.6. The van der Waals surface area contributed by atoms with Gasteiger partial charge < -0.3 is 28.3 Å². The van der Waals surface area contributed by atoms with Crippen molar-refractivity contribution in [2.24, 2.45) is 0 Å². The molecule has 0 aliphatic rings. The topological polar surface area (TPSA) is 124 Å². The molecule has 0 aliphatic heterocycles. The summed E-state index contributed by atoms with van der Waals surface area (Å²) in [5.41, 5.74) is 1.16. The molecule has 0 saturated carbocycles. The Balaban J connectivity index is 0.00000184. The van der Waals surface area contributed by atoms with Crippen LogP contribution in [0.15, 0.2) is 36.5 Å². The number of hydrogen-bond acceptors (Lipinski definition) is 9. The molecule has 0 aromatic heterocycles. The normalized spacial score (nSPS) is 12.6. The molecule has 0 heterocycles. The van der Waals surface area contributed by atoms with E-state index < -0.39 is 14.5 Å². The standard InChI is InChI=1S/C18H25N2O7P.C4H10O/c1-20(10-8-18(23)19-14-22)9-7-17(25-2)13-27-28(24)26-12-16-6-4-3-5-15(16)11-21;1-4(2)5-3/h3-6,8,10-11,14,17,24H,7,9,12-13H2,1-2H3,(H,19,22,23);4H,1-3H3/b10-8-;. The largest absolute Gasteiger partial charge is 0.382 e. The van der Waals surface area contributed by atoms with E-state index in [4.69, 9.17) is 18.5 Å². The molecule has 0 radical (unpaired) electrons. The van der Waals surface area contributed by atoms with Crippen molar-refractivity contribution in [3.63, 3.8) is 0 Å². The van der Waals surface area contributed by atoms with E-state index in [-0.39, 0.29) is 19.3 Å². The Bertz CT molecular complexity index is 717. The van der Waals surface area contributed by atoms with Crippen LogP contribution in [0.25, 0.3) is 0 Å². The third kappa shape index (κ3) is 16.1. The number of aldehydes is 1. The van der Waals surface area contributed by atoms with E-state index in [2.05, 4.69) is 0 Å². The summed E-state index contributed by atoms with van der Waals surface area (Å²) in [4.78, 5) is 43.9. The lowest BCUT2D eigenvalue weighted by Crippen LogP contribution is -2.25. The first-order valence-corrected chi connectivity index (χ1v) is 11.4. The van der Waals surface area contributed by atoms with Crippen LogP contribution < -0.4 is 5.32 Å². The van der Waals surface area contributed by atoms with Crippen molar-refractivity contribution in [3.05, 3.63) is 47.7 Å². The monoisotopic (exact) mass is 486 g/mol. The van der Waals surface area contributed by atoms with Crippen LogP contribution in [0, 0.1) is 0 Å². The second-order valence-corrected chi connectivity index (χ2v) is 7.97. The molecular formula is C22H35N2O8P. The smallest absolute Gasteiger partial charge is 0.330 e. The lowest BCUT2D eigenvalue weighted by atomic mass is 10.1. The van der Waals surface area contributed by atoms with E-state index >= 15 is 0 Å². The number of rotatable bonds is 15. The summed E-state index contributed by atoms with van der Waals surface area (Å²) >= 11 is 0. The maximum absolute atomic E-state index is 11.2. The van der Waals surface area contributed by atoms with Crippen LogP contribution >= 0.6 is 8.60 Å². The van der Waals surface area contributed by atoms with Gasteiger partial charge in [-0.1, -0.05) is 24.3 Å². The van der Waals surface area contributed by atoms with Gasteiger partial charge in [0.2, 0.25) is 6.41 Å². The molecule has 0 bridgehead atoms. The summed E-state index contributed by atoms with van der Waals surface area (Å²) in [5.74, 6) is -0.507. The van der Waals surface area contributed by atoms with Gasteiger partial charge in [-0.3, -0.25) is 19.7 Å². The Kier molecular flexibility index (Phi) is 18.0. The Labute approximate surface area is 196 Å². The van der Waals surface area contributed by atoms with Crippen molar-refractivity contribution >= 4 is 27.2 Å². The molecule has 0 spiro atoms. The van der Waals surface area contributed by atoms with Crippen LogP contribution in [0.2, 0.25) is 0 Å². The lowest BCUT2D eigenvalue weighted by Gasteiger charge is -2.20. The minimum absolute atomic E-state index is 0.0607. The molecule has 2 amide bonds. The average Bonchev–Trinajstić information content (AvgIpc) is 2.82. The van der Waals surface area contributed by atoms with Crippen LogP contribution in [0.4, 0.5) is 0 Å². The van der Waals surface area contributed by atoms with Gasteiger partial charge >= 0.3 is 8.60 Å². The van der Waals surface area contributed by atoms with Gasteiger partial charge in [0.05, 0.1) is 25.4 Å². The van der Waals surface area contributed by atoms with Gasteiger partial charge in [0.1, 0.15) is 6.29 Å². The number of nitrogens with zero attached hydrogens (tertiary/aromatic N) is 1.